The lowest BCUT2D eigenvalue weighted by Crippen LogP contribution is -2.40. The number of carbonyl (C=O) groups is 1. The average molecular weight is 608 g/mol. The van der Waals surface area contributed by atoms with E-state index in [4.69, 9.17) is 30.9 Å². The van der Waals surface area contributed by atoms with Crippen molar-refractivity contribution in [2.75, 3.05) is 26.8 Å². The second-order valence-electron chi connectivity index (χ2n) is 9.27. The number of aromatic nitrogens is 3. The van der Waals surface area contributed by atoms with Crippen LogP contribution in [0.4, 0.5) is 0 Å². The molecule has 0 radical (unpaired) electrons. The molecule has 1 aromatic carbocycles. The van der Waals surface area contributed by atoms with Gasteiger partial charge in [0.2, 0.25) is 5.88 Å². The highest BCUT2D eigenvalue weighted by atomic mass is 35.5. The van der Waals surface area contributed by atoms with Crippen LogP contribution in [0.2, 0.25) is 5.02 Å². The van der Waals surface area contributed by atoms with Crippen molar-refractivity contribution in [1.29, 1.82) is 0 Å². The molecule has 2 aromatic heterocycles. The van der Waals surface area contributed by atoms with Gasteiger partial charge in [0.1, 0.15) is 11.5 Å². The first-order valence-electron chi connectivity index (χ1n) is 12.4. The zero-order chi connectivity index (χ0) is 28.3. The van der Waals surface area contributed by atoms with Crippen molar-refractivity contribution < 1.29 is 32.1 Å². The zero-order valence-electron chi connectivity index (χ0n) is 21.4. The molecule has 12 nitrogen and oxygen atoms in total. The van der Waals surface area contributed by atoms with Crippen molar-refractivity contribution in [1.82, 2.24) is 19.9 Å². The van der Waals surface area contributed by atoms with Crippen molar-refractivity contribution in [2.45, 2.75) is 37.0 Å². The van der Waals surface area contributed by atoms with Gasteiger partial charge in [-0.1, -0.05) is 28.9 Å². The lowest BCUT2D eigenvalue weighted by Gasteiger charge is -2.31. The summed E-state index contributed by atoms with van der Waals surface area (Å²) in [5.74, 6) is -0.145. The van der Waals surface area contributed by atoms with Gasteiger partial charge in [-0.15, -0.1) is 11.3 Å². The summed E-state index contributed by atoms with van der Waals surface area (Å²) in [5.41, 5.74) is 2.17. The molecular formula is C25H26ClN5O7S2. The molecule has 2 aliphatic heterocycles. The first-order valence-corrected chi connectivity index (χ1v) is 15.3. The van der Waals surface area contributed by atoms with Gasteiger partial charge in [0.25, 0.3) is 16.0 Å². The Labute approximate surface area is 239 Å². The number of hydrogen-bond acceptors (Lipinski definition) is 11. The van der Waals surface area contributed by atoms with E-state index in [0.717, 1.165) is 17.8 Å². The molecule has 212 valence electrons. The van der Waals surface area contributed by atoms with E-state index in [0.29, 0.717) is 52.9 Å². The van der Waals surface area contributed by atoms with Gasteiger partial charge < -0.3 is 19.2 Å². The van der Waals surface area contributed by atoms with E-state index in [2.05, 4.69) is 15.1 Å². The van der Waals surface area contributed by atoms with Crippen LogP contribution >= 0.6 is 22.9 Å². The normalized spacial score (nSPS) is 17.8. The van der Waals surface area contributed by atoms with Crippen molar-refractivity contribution >= 4 is 44.7 Å². The molecule has 0 aliphatic carbocycles. The summed E-state index contributed by atoms with van der Waals surface area (Å²) >= 11 is 7.90. The molecule has 40 heavy (non-hydrogen) atoms. The van der Waals surface area contributed by atoms with E-state index >= 15 is 0 Å². The number of oxime groups is 1. The molecule has 1 amide bonds. The number of likely N-dealkylation sites (tertiary alicyclic amines) is 1. The van der Waals surface area contributed by atoms with Crippen LogP contribution < -0.4 is 9.47 Å². The molecule has 1 unspecified atom stereocenters. The SMILES string of the molecule is COc1ccnc(OCC(=O)N2CCC(c3nc(C4=NOC(c5c(Cl)cccc5CS(=O)(=O)O)C4)cs3)CC2)n1. The fraction of sp³-hybridized carbons (Fsp3) is 0.400. The van der Waals surface area contributed by atoms with Crippen LogP contribution in [0.3, 0.4) is 0 Å². The number of halogens is 1. The number of thiazole rings is 1. The smallest absolute Gasteiger partial charge is 0.320 e. The molecule has 5 rings (SSSR count). The second-order valence-corrected chi connectivity index (χ2v) is 12.0. The topological polar surface area (TPSA) is 153 Å². The van der Waals surface area contributed by atoms with Crippen molar-refractivity contribution in [3.8, 4) is 11.9 Å². The van der Waals surface area contributed by atoms with E-state index in [9.17, 15) is 17.8 Å². The molecular weight excluding hydrogens is 582 g/mol. The van der Waals surface area contributed by atoms with Gasteiger partial charge in [0.05, 0.1) is 17.8 Å². The molecule has 0 spiro atoms. The molecule has 3 aromatic rings. The molecule has 1 N–H and O–H groups in total. The van der Waals surface area contributed by atoms with Gasteiger partial charge in [-0.25, -0.2) is 9.97 Å². The molecule has 0 saturated carbocycles. The average Bonchev–Trinajstić information content (AvgIpc) is 3.62. The lowest BCUT2D eigenvalue weighted by molar-refractivity contribution is -0.134. The minimum atomic E-state index is -4.25. The molecule has 15 heteroatoms. The third-order valence-electron chi connectivity index (χ3n) is 6.63. The Kier molecular flexibility index (Phi) is 8.49. The third-order valence-corrected chi connectivity index (χ3v) is 8.64. The number of carbonyl (C=O) groups excluding carboxylic acids is 1. The third kappa shape index (κ3) is 6.69. The maximum absolute atomic E-state index is 12.6. The highest BCUT2D eigenvalue weighted by molar-refractivity contribution is 7.85. The summed E-state index contributed by atoms with van der Waals surface area (Å²) in [6.07, 6.45) is 2.79. The van der Waals surface area contributed by atoms with Crippen molar-refractivity contribution in [3.63, 3.8) is 0 Å². The summed E-state index contributed by atoms with van der Waals surface area (Å²) in [6, 6.07) is 6.53. The Morgan fingerprint density at radius 3 is 2.80 bits per heavy atom. The maximum atomic E-state index is 12.6. The van der Waals surface area contributed by atoms with Crippen LogP contribution in [0, 0.1) is 0 Å². The van der Waals surface area contributed by atoms with Gasteiger partial charge >= 0.3 is 6.01 Å². The van der Waals surface area contributed by atoms with Crippen LogP contribution in [0.15, 0.2) is 41.0 Å². The van der Waals surface area contributed by atoms with E-state index in [1.165, 1.54) is 24.6 Å². The highest BCUT2D eigenvalue weighted by Gasteiger charge is 2.31. The molecule has 1 saturated heterocycles. The number of benzene rings is 1. The molecule has 2 aliphatic rings. The fourth-order valence-corrected chi connectivity index (χ4v) is 6.62. The Bertz CT molecular complexity index is 1520. The van der Waals surface area contributed by atoms with Crippen LogP contribution in [-0.2, 0) is 25.5 Å². The Morgan fingerprint density at radius 1 is 1.25 bits per heavy atom. The Morgan fingerprint density at radius 2 is 2.05 bits per heavy atom. The van der Waals surface area contributed by atoms with Gasteiger partial charge in [-0.05, 0) is 24.5 Å². The quantitative estimate of drug-likeness (QED) is 0.357. The summed E-state index contributed by atoms with van der Waals surface area (Å²) in [5, 5.41) is 7.41. The van der Waals surface area contributed by atoms with Crippen LogP contribution in [0.25, 0.3) is 0 Å². The van der Waals surface area contributed by atoms with E-state index < -0.39 is 22.0 Å². The minimum Gasteiger partial charge on any atom is -0.481 e. The van der Waals surface area contributed by atoms with Crippen LogP contribution in [0.5, 0.6) is 11.9 Å². The Balaban J connectivity index is 1.15. The number of piperidine rings is 1. The van der Waals surface area contributed by atoms with Crippen LogP contribution in [0.1, 0.15) is 53.1 Å². The summed E-state index contributed by atoms with van der Waals surface area (Å²) < 4.78 is 42.8. The van der Waals surface area contributed by atoms with Gasteiger partial charge in [-0.2, -0.15) is 13.4 Å². The predicted molar refractivity (Wildman–Crippen MR) is 146 cm³/mol. The summed E-state index contributed by atoms with van der Waals surface area (Å²) in [7, 11) is -2.76. The van der Waals surface area contributed by atoms with Gasteiger partial charge in [0, 0.05) is 53.7 Å². The largest absolute Gasteiger partial charge is 0.481 e. The van der Waals surface area contributed by atoms with Gasteiger partial charge in [0.15, 0.2) is 12.7 Å². The minimum absolute atomic E-state index is 0.0862. The first-order chi connectivity index (χ1) is 19.2. The van der Waals surface area contributed by atoms with Crippen molar-refractivity contribution in [3.05, 3.63) is 62.7 Å². The monoisotopic (exact) mass is 607 g/mol. The number of hydrogen-bond donors (Lipinski definition) is 1. The van der Waals surface area contributed by atoms with E-state index in [1.54, 1.807) is 29.2 Å². The summed E-state index contributed by atoms with van der Waals surface area (Å²) in [6.45, 7) is 1.00. The predicted octanol–water partition coefficient (Wildman–Crippen LogP) is 3.63. The standard InChI is InChI=1S/C25H26ClN5O7S2/c1-36-21-5-8-27-25(29-21)37-12-22(32)31-9-6-15(7-10-31)24-28-19(13-39-24)18-11-20(38-30-18)23-16(14-40(33,34)35)3-2-4-17(23)26/h2-5,8,13,15,20H,6-7,9-12,14H2,1H3,(H,33,34,35). The van der Waals surface area contributed by atoms with Gasteiger partial charge in [-0.3, -0.25) is 9.35 Å². The fourth-order valence-electron chi connectivity index (χ4n) is 4.66. The zero-order valence-corrected chi connectivity index (χ0v) is 23.8. The number of ether oxygens (including phenoxy) is 2. The molecule has 1 fully saturated rings. The van der Waals surface area contributed by atoms with E-state index in [-0.39, 0.29) is 24.4 Å². The number of amides is 1. The molecule has 1 atom stereocenters. The van der Waals surface area contributed by atoms with Crippen LogP contribution in [-0.4, -0.2) is 71.2 Å². The highest BCUT2D eigenvalue weighted by Crippen LogP contribution is 2.38. The summed E-state index contributed by atoms with van der Waals surface area (Å²) in [4.78, 5) is 32.8. The van der Waals surface area contributed by atoms with Crippen molar-refractivity contribution in [2.24, 2.45) is 5.16 Å². The maximum Gasteiger partial charge on any atom is 0.320 e. The number of methoxy groups -OCH3 is 1. The number of nitrogens with zero attached hydrogens (tertiary/aromatic N) is 5. The van der Waals surface area contributed by atoms with E-state index in [1.807, 2.05) is 5.38 Å². The number of rotatable bonds is 9. The molecule has 0 bridgehead atoms. The first kappa shape index (κ1) is 28.2. The molecule has 4 heterocycles. The second kappa shape index (κ2) is 12.0. The Hall–Kier alpha value is -3.33. The lowest BCUT2D eigenvalue weighted by atomic mass is 9.97.